The highest BCUT2D eigenvalue weighted by Gasteiger charge is 2.58. The van der Waals surface area contributed by atoms with Gasteiger partial charge in [0.2, 0.25) is 0 Å². The molecule has 5 rings (SSSR count). The highest BCUT2D eigenvalue weighted by Crippen LogP contribution is 2.62. The third-order valence-corrected chi connectivity index (χ3v) is 10.0. The minimum absolute atomic E-state index is 0.0364. The summed E-state index contributed by atoms with van der Waals surface area (Å²) in [5, 5.41) is 12.1. The summed E-state index contributed by atoms with van der Waals surface area (Å²) in [7, 11) is -3.55. The first-order chi connectivity index (χ1) is 19.6. The standard InChI is InChI=1S/C29H36F2N6O3S/c1-2-33-41(39,40)35-24-9-11-36(19-24)12-13-37(28(38)34-23-6-7-26(30)27(31)16-23)25-8-10-29(17-22(29)15-25)21-5-3-4-20(14-21)18-32/h3-7,14,16,22,24-25,33,35H,2,8-13,15,17,19H2,1H3,(H,34,38)/t22?,24?,25-,29-/m1/s1. The van der Waals surface area contributed by atoms with Crippen molar-refractivity contribution in [3.8, 4) is 6.07 Å². The summed E-state index contributed by atoms with van der Waals surface area (Å²) < 4.78 is 56.6. The second-order valence-corrected chi connectivity index (χ2v) is 12.9. The van der Waals surface area contributed by atoms with Crippen LogP contribution in [0, 0.1) is 28.9 Å². The quantitative estimate of drug-likeness (QED) is 0.393. The summed E-state index contributed by atoms with van der Waals surface area (Å²) in [5.74, 6) is -1.62. The molecule has 2 unspecified atom stereocenters. The SMILES string of the molecule is CCNS(=O)(=O)NC1CCN(CCN(C(=O)Nc2ccc(F)c(F)c2)[C@@H]2CC[C@]3(c4cccc(C#N)c4)CC3C2)C1. The Kier molecular flexibility index (Phi) is 8.61. The molecule has 1 heterocycles. The van der Waals surface area contributed by atoms with Gasteiger partial charge in [0, 0.05) is 50.0 Å². The molecule has 12 heteroatoms. The van der Waals surface area contributed by atoms with E-state index in [9.17, 15) is 27.3 Å². The first-order valence-electron chi connectivity index (χ1n) is 14.1. The van der Waals surface area contributed by atoms with Gasteiger partial charge in [-0.25, -0.2) is 18.3 Å². The van der Waals surface area contributed by atoms with Gasteiger partial charge in [-0.3, -0.25) is 4.90 Å². The Morgan fingerprint density at radius 3 is 2.76 bits per heavy atom. The van der Waals surface area contributed by atoms with Gasteiger partial charge in [0.15, 0.2) is 11.6 Å². The molecule has 2 amide bonds. The van der Waals surface area contributed by atoms with Crippen molar-refractivity contribution in [2.24, 2.45) is 5.92 Å². The zero-order chi connectivity index (χ0) is 29.2. The summed E-state index contributed by atoms with van der Waals surface area (Å²) in [4.78, 5) is 17.5. The van der Waals surface area contributed by atoms with E-state index in [0.717, 1.165) is 37.8 Å². The number of fused-ring (bicyclic) bond motifs is 1. The van der Waals surface area contributed by atoms with Crippen LogP contribution in [0.1, 0.15) is 50.2 Å². The van der Waals surface area contributed by atoms with Crippen LogP contribution in [-0.2, 0) is 15.6 Å². The second-order valence-electron chi connectivity index (χ2n) is 11.3. The molecule has 3 aliphatic rings. The number of amides is 2. The highest BCUT2D eigenvalue weighted by molar-refractivity contribution is 7.87. The summed E-state index contributed by atoms with van der Waals surface area (Å²) >= 11 is 0. The van der Waals surface area contributed by atoms with Crippen molar-refractivity contribution >= 4 is 21.9 Å². The fourth-order valence-electron chi connectivity index (χ4n) is 6.60. The lowest BCUT2D eigenvalue weighted by Gasteiger charge is -2.37. The van der Waals surface area contributed by atoms with E-state index in [1.807, 2.05) is 18.2 Å². The van der Waals surface area contributed by atoms with E-state index in [2.05, 4.69) is 31.8 Å². The molecule has 1 aliphatic heterocycles. The number of carbonyl (C=O) groups is 1. The molecule has 0 spiro atoms. The van der Waals surface area contributed by atoms with Gasteiger partial charge >= 0.3 is 6.03 Å². The Balaban J connectivity index is 1.26. The fourth-order valence-corrected chi connectivity index (χ4v) is 7.69. The molecule has 3 fully saturated rings. The molecule has 0 radical (unpaired) electrons. The van der Waals surface area contributed by atoms with Crippen LogP contribution in [0.3, 0.4) is 0 Å². The molecule has 220 valence electrons. The highest BCUT2D eigenvalue weighted by atomic mass is 32.2. The number of halogens is 2. The summed E-state index contributed by atoms with van der Waals surface area (Å²) in [6.45, 7) is 4.23. The summed E-state index contributed by atoms with van der Waals surface area (Å²) in [6, 6.07) is 12.7. The number of benzene rings is 2. The molecule has 0 bridgehead atoms. The van der Waals surface area contributed by atoms with Gasteiger partial charge in [-0.15, -0.1) is 0 Å². The first-order valence-corrected chi connectivity index (χ1v) is 15.6. The molecule has 2 aliphatic carbocycles. The maximum Gasteiger partial charge on any atom is 0.322 e. The molecule has 2 saturated carbocycles. The van der Waals surface area contributed by atoms with Crippen molar-refractivity contribution in [1.29, 1.82) is 5.26 Å². The number of anilines is 1. The van der Waals surface area contributed by atoms with Gasteiger partial charge in [-0.1, -0.05) is 19.1 Å². The number of nitrogens with one attached hydrogen (secondary N) is 3. The lowest BCUT2D eigenvalue weighted by molar-refractivity contribution is 0.149. The number of rotatable bonds is 10. The van der Waals surface area contributed by atoms with Crippen molar-refractivity contribution in [3.05, 3.63) is 65.2 Å². The summed E-state index contributed by atoms with van der Waals surface area (Å²) in [6.07, 6.45) is 4.17. The van der Waals surface area contributed by atoms with Gasteiger partial charge in [0.1, 0.15) is 0 Å². The first kappa shape index (κ1) is 29.4. The molecule has 0 aromatic heterocycles. The van der Waals surface area contributed by atoms with E-state index in [1.54, 1.807) is 11.8 Å². The molecule has 1 saturated heterocycles. The van der Waals surface area contributed by atoms with Gasteiger partial charge < -0.3 is 10.2 Å². The van der Waals surface area contributed by atoms with E-state index >= 15 is 0 Å². The predicted octanol–water partition coefficient (Wildman–Crippen LogP) is 3.70. The maximum absolute atomic E-state index is 13.8. The number of nitrogens with zero attached hydrogens (tertiary/aromatic N) is 3. The number of carbonyl (C=O) groups excluding carboxylic acids is 1. The number of urea groups is 1. The number of likely N-dealkylation sites (tertiary alicyclic amines) is 1. The lowest BCUT2D eigenvalue weighted by atomic mass is 9.80. The van der Waals surface area contributed by atoms with Crippen LogP contribution in [-0.4, -0.2) is 69.1 Å². The fraction of sp³-hybridized carbons (Fsp3) is 0.517. The van der Waals surface area contributed by atoms with Crippen LogP contribution < -0.4 is 14.8 Å². The van der Waals surface area contributed by atoms with E-state index < -0.39 is 21.8 Å². The molecule has 41 heavy (non-hydrogen) atoms. The van der Waals surface area contributed by atoms with Crippen LogP contribution in [0.25, 0.3) is 0 Å². The van der Waals surface area contributed by atoms with Crippen LogP contribution >= 0.6 is 0 Å². The zero-order valence-corrected chi connectivity index (χ0v) is 23.9. The van der Waals surface area contributed by atoms with Crippen molar-refractivity contribution in [1.82, 2.24) is 19.2 Å². The van der Waals surface area contributed by atoms with Crippen molar-refractivity contribution in [2.75, 3.05) is 38.0 Å². The molecule has 4 atom stereocenters. The molecule has 2 aromatic carbocycles. The normalized spacial score (nSPS) is 25.8. The van der Waals surface area contributed by atoms with E-state index in [4.69, 9.17) is 0 Å². The maximum atomic E-state index is 13.8. The summed E-state index contributed by atoms with van der Waals surface area (Å²) in [5.41, 5.74) is 2.05. The predicted molar refractivity (Wildman–Crippen MR) is 151 cm³/mol. The Hall–Kier alpha value is -3.11. The van der Waals surface area contributed by atoms with Crippen molar-refractivity contribution < 1.29 is 22.0 Å². The average Bonchev–Trinajstić information content (AvgIpc) is 3.53. The molecule has 9 nitrogen and oxygen atoms in total. The Labute approximate surface area is 240 Å². The van der Waals surface area contributed by atoms with Crippen LogP contribution in [0.4, 0.5) is 19.3 Å². The Bertz CT molecular complexity index is 1430. The van der Waals surface area contributed by atoms with E-state index in [0.29, 0.717) is 50.6 Å². The third kappa shape index (κ3) is 6.70. The van der Waals surface area contributed by atoms with Gasteiger partial charge in [0.25, 0.3) is 10.2 Å². The lowest BCUT2D eigenvalue weighted by Crippen LogP contribution is -2.48. The van der Waals surface area contributed by atoms with Gasteiger partial charge in [0.05, 0.1) is 11.6 Å². The molecular weight excluding hydrogens is 550 g/mol. The van der Waals surface area contributed by atoms with Crippen molar-refractivity contribution in [2.45, 2.75) is 56.5 Å². The smallest absolute Gasteiger partial charge is 0.320 e. The molecule has 2 aromatic rings. The van der Waals surface area contributed by atoms with Gasteiger partial charge in [-0.2, -0.15) is 18.4 Å². The largest absolute Gasteiger partial charge is 0.322 e. The van der Waals surface area contributed by atoms with Crippen molar-refractivity contribution in [3.63, 3.8) is 0 Å². The van der Waals surface area contributed by atoms with Crippen LogP contribution in [0.15, 0.2) is 42.5 Å². The van der Waals surface area contributed by atoms with E-state index in [-0.39, 0.29) is 29.2 Å². The average molecular weight is 587 g/mol. The minimum atomic E-state index is -3.55. The monoisotopic (exact) mass is 586 g/mol. The van der Waals surface area contributed by atoms with E-state index in [1.165, 1.54) is 11.6 Å². The Morgan fingerprint density at radius 1 is 1.20 bits per heavy atom. The zero-order valence-electron chi connectivity index (χ0n) is 23.1. The molecular formula is C29H36F2N6O3S. The minimum Gasteiger partial charge on any atom is -0.320 e. The topological polar surface area (TPSA) is 118 Å². The number of nitriles is 1. The third-order valence-electron chi connectivity index (χ3n) is 8.74. The Morgan fingerprint density at radius 2 is 2.02 bits per heavy atom. The van der Waals surface area contributed by atoms with Gasteiger partial charge in [-0.05, 0) is 79.8 Å². The number of hydrogen-bond donors (Lipinski definition) is 3. The second kappa shape index (κ2) is 12.0. The molecule has 3 N–H and O–H groups in total. The van der Waals surface area contributed by atoms with Crippen LogP contribution in [0.2, 0.25) is 0 Å². The number of hydrogen-bond acceptors (Lipinski definition) is 5. The van der Waals surface area contributed by atoms with Crippen LogP contribution in [0.5, 0.6) is 0 Å².